The van der Waals surface area contributed by atoms with Crippen LogP contribution in [0.4, 0.5) is 0 Å². The maximum Gasteiger partial charge on any atom is 0.254 e. The summed E-state index contributed by atoms with van der Waals surface area (Å²) in [4.78, 5) is 18.0. The third-order valence-electron chi connectivity index (χ3n) is 6.64. The SMILES string of the molecule is CCN(CCc1ccccc1)C(=O)c1ccccc1-c1ccc(CN2C[C@@H](C)N[C@@H](C)C2)cc1. The number of rotatable bonds is 8. The second-order valence-electron chi connectivity index (χ2n) is 9.53. The van der Waals surface area contributed by atoms with Gasteiger partial charge < -0.3 is 10.2 Å². The second kappa shape index (κ2) is 11.5. The molecule has 34 heavy (non-hydrogen) atoms. The van der Waals surface area contributed by atoms with Gasteiger partial charge in [-0.25, -0.2) is 0 Å². The molecular formula is C30H37N3O. The van der Waals surface area contributed by atoms with Crippen LogP contribution >= 0.6 is 0 Å². The first-order chi connectivity index (χ1) is 16.5. The van der Waals surface area contributed by atoms with Crippen LogP contribution in [0.2, 0.25) is 0 Å². The van der Waals surface area contributed by atoms with Crippen LogP contribution in [-0.2, 0) is 13.0 Å². The van der Waals surface area contributed by atoms with Crippen molar-refractivity contribution in [1.29, 1.82) is 0 Å². The van der Waals surface area contributed by atoms with Crippen molar-refractivity contribution in [2.45, 2.75) is 45.8 Å². The van der Waals surface area contributed by atoms with Crippen LogP contribution in [0.15, 0.2) is 78.9 Å². The van der Waals surface area contributed by atoms with E-state index in [1.54, 1.807) is 0 Å². The molecule has 0 radical (unpaired) electrons. The average Bonchev–Trinajstić information content (AvgIpc) is 2.85. The Kier molecular flexibility index (Phi) is 8.15. The average molecular weight is 456 g/mol. The molecule has 0 unspecified atom stereocenters. The molecule has 4 rings (SSSR count). The number of benzene rings is 3. The smallest absolute Gasteiger partial charge is 0.254 e. The van der Waals surface area contributed by atoms with Crippen LogP contribution in [0.5, 0.6) is 0 Å². The minimum atomic E-state index is 0.0990. The normalized spacial score (nSPS) is 18.6. The van der Waals surface area contributed by atoms with E-state index < -0.39 is 0 Å². The molecule has 178 valence electrons. The molecule has 1 aliphatic rings. The molecule has 3 aromatic carbocycles. The lowest BCUT2D eigenvalue weighted by molar-refractivity contribution is 0.0767. The molecule has 1 saturated heterocycles. The highest BCUT2D eigenvalue weighted by atomic mass is 16.2. The molecule has 4 nitrogen and oxygen atoms in total. The fraction of sp³-hybridized carbons (Fsp3) is 0.367. The maximum atomic E-state index is 13.5. The van der Waals surface area contributed by atoms with E-state index in [1.807, 2.05) is 29.2 Å². The molecule has 4 heteroatoms. The number of carbonyl (C=O) groups excluding carboxylic acids is 1. The predicted octanol–water partition coefficient (Wildman–Crippen LogP) is 5.24. The van der Waals surface area contributed by atoms with Crippen LogP contribution in [0.3, 0.4) is 0 Å². The van der Waals surface area contributed by atoms with Gasteiger partial charge in [0, 0.05) is 50.4 Å². The highest BCUT2D eigenvalue weighted by molar-refractivity contribution is 6.00. The van der Waals surface area contributed by atoms with Crippen LogP contribution in [0.25, 0.3) is 11.1 Å². The Hall–Kier alpha value is -2.95. The molecule has 0 spiro atoms. The fourth-order valence-electron chi connectivity index (χ4n) is 5.02. The Morgan fingerprint density at radius 2 is 1.53 bits per heavy atom. The van der Waals surface area contributed by atoms with Gasteiger partial charge in [0.15, 0.2) is 0 Å². The van der Waals surface area contributed by atoms with Gasteiger partial charge in [-0.2, -0.15) is 0 Å². The molecular weight excluding hydrogens is 418 g/mol. The Morgan fingerprint density at radius 1 is 0.882 bits per heavy atom. The lowest BCUT2D eigenvalue weighted by Crippen LogP contribution is -2.53. The molecule has 0 saturated carbocycles. The van der Waals surface area contributed by atoms with E-state index in [0.717, 1.165) is 42.7 Å². The Morgan fingerprint density at radius 3 is 2.21 bits per heavy atom. The van der Waals surface area contributed by atoms with Crippen molar-refractivity contribution in [2.75, 3.05) is 26.2 Å². The van der Waals surface area contributed by atoms with E-state index in [4.69, 9.17) is 0 Å². The Balaban J connectivity index is 1.47. The van der Waals surface area contributed by atoms with Crippen molar-refractivity contribution >= 4 is 5.91 Å². The highest BCUT2D eigenvalue weighted by Crippen LogP contribution is 2.26. The van der Waals surface area contributed by atoms with Crippen LogP contribution in [0, 0.1) is 0 Å². The zero-order valence-electron chi connectivity index (χ0n) is 20.7. The molecule has 0 aromatic heterocycles. The largest absolute Gasteiger partial charge is 0.339 e. The topological polar surface area (TPSA) is 35.6 Å². The summed E-state index contributed by atoms with van der Waals surface area (Å²) in [6.07, 6.45) is 0.862. The van der Waals surface area contributed by atoms with Crippen molar-refractivity contribution in [2.24, 2.45) is 0 Å². The van der Waals surface area contributed by atoms with E-state index in [2.05, 4.69) is 85.6 Å². The number of piperazine rings is 1. The molecule has 1 fully saturated rings. The minimum absolute atomic E-state index is 0.0990. The first-order valence-corrected chi connectivity index (χ1v) is 12.5. The van der Waals surface area contributed by atoms with Gasteiger partial charge in [-0.1, -0.05) is 72.8 Å². The summed E-state index contributed by atoms with van der Waals surface area (Å²) in [5.41, 5.74) is 5.43. The third-order valence-corrected chi connectivity index (χ3v) is 6.64. The Labute approximate surface area is 204 Å². The van der Waals surface area contributed by atoms with Crippen molar-refractivity contribution in [3.05, 3.63) is 95.6 Å². The van der Waals surface area contributed by atoms with Gasteiger partial charge in [0.05, 0.1) is 0 Å². The number of likely N-dealkylation sites (N-methyl/N-ethyl adjacent to an activating group) is 1. The summed E-state index contributed by atoms with van der Waals surface area (Å²) >= 11 is 0. The van der Waals surface area contributed by atoms with E-state index in [9.17, 15) is 4.79 Å². The molecule has 2 atom stereocenters. The molecule has 1 aliphatic heterocycles. The van der Waals surface area contributed by atoms with Gasteiger partial charge in [-0.15, -0.1) is 0 Å². The zero-order chi connectivity index (χ0) is 23.9. The van der Waals surface area contributed by atoms with Crippen LogP contribution in [0.1, 0.15) is 42.3 Å². The highest BCUT2D eigenvalue weighted by Gasteiger charge is 2.21. The summed E-state index contributed by atoms with van der Waals surface area (Å²) in [6.45, 7) is 11.1. The second-order valence-corrected chi connectivity index (χ2v) is 9.53. The number of hydrogen-bond acceptors (Lipinski definition) is 3. The molecule has 1 N–H and O–H groups in total. The first-order valence-electron chi connectivity index (χ1n) is 12.5. The van der Waals surface area contributed by atoms with Crippen molar-refractivity contribution in [3.63, 3.8) is 0 Å². The third kappa shape index (κ3) is 6.13. The summed E-state index contributed by atoms with van der Waals surface area (Å²) in [7, 11) is 0. The summed E-state index contributed by atoms with van der Waals surface area (Å²) in [5, 5.41) is 3.60. The van der Waals surface area contributed by atoms with Crippen LogP contribution < -0.4 is 5.32 Å². The van der Waals surface area contributed by atoms with Gasteiger partial charge in [0.2, 0.25) is 0 Å². The number of nitrogens with zero attached hydrogens (tertiary/aromatic N) is 2. The van der Waals surface area contributed by atoms with Gasteiger partial charge >= 0.3 is 0 Å². The summed E-state index contributed by atoms with van der Waals surface area (Å²) in [6, 6.07) is 28.2. The quantitative estimate of drug-likeness (QED) is 0.505. The van der Waals surface area contributed by atoms with E-state index in [0.29, 0.717) is 25.2 Å². The fourth-order valence-corrected chi connectivity index (χ4v) is 5.02. The number of carbonyl (C=O) groups is 1. The summed E-state index contributed by atoms with van der Waals surface area (Å²) in [5.74, 6) is 0.0990. The van der Waals surface area contributed by atoms with Gasteiger partial charge in [0.25, 0.3) is 5.91 Å². The lowest BCUT2D eigenvalue weighted by atomic mass is 9.97. The van der Waals surface area contributed by atoms with E-state index >= 15 is 0 Å². The van der Waals surface area contributed by atoms with Crippen molar-refractivity contribution in [1.82, 2.24) is 15.1 Å². The van der Waals surface area contributed by atoms with Crippen molar-refractivity contribution < 1.29 is 4.79 Å². The monoisotopic (exact) mass is 455 g/mol. The molecule has 0 bridgehead atoms. The molecule has 1 heterocycles. The molecule has 0 aliphatic carbocycles. The first kappa shape index (κ1) is 24.2. The predicted molar refractivity (Wildman–Crippen MR) is 141 cm³/mol. The zero-order valence-corrected chi connectivity index (χ0v) is 20.7. The Bertz CT molecular complexity index is 1050. The number of hydrogen-bond donors (Lipinski definition) is 1. The number of nitrogens with one attached hydrogen (secondary N) is 1. The van der Waals surface area contributed by atoms with Gasteiger partial charge in [-0.05, 0) is 55.5 Å². The summed E-state index contributed by atoms with van der Waals surface area (Å²) < 4.78 is 0. The minimum Gasteiger partial charge on any atom is -0.339 e. The van der Waals surface area contributed by atoms with Crippen LogP contribution in [-0.4, -0.2) is 54.0 Å². The standard InChI is InChI=1S/C30H37N3O/c1-4-33(19-18-25-10-6-5-7-11-25)30(34)29-13-9-8-12-28(29)27-16-14-26(15-17-27)22-32-20-23(2)31-24(3)21-32/h5-17,23-24,31H,4,18-22H2,1-3H3/t23-,24+. The van der Waals surface area contributed by atoms with Gasteiger partial charge in [0.1, 0.15) is 0 Å². The number of amides is 1. The van der Waals surface area contributed by atoms with Gasteiger partial charge in [-0.3, -0.25) is 9.69 Å². The van der Waals surface area contributed by atoms with E-state index in [-0.39, 0.29) is 5.91 Å². The van der Waals surface area contributed by atoms with E-state index in [1.165, 1.54) is 11.1 Å². The maximum absolute atomic E-state index is 13.5. The lowest BCUT2D eigenvalue weighted by Gasteiger charge is -2.36. The molecule has 3 aromatic rings. The van der Waals surface area contributed by atoms with Crippen molar-refractivity contribution in [3.8, 4) is 11.1 Å². The molecule has 1 amide bonds.